The molecule has 0 aliphatic carbocycles. The van der Waals surface area contributed by atoms with Gasteiger partial charge in [-0.05, 0) is 12.1 Å². The van der Waals surface area contributed by atoms with Crippen molar-refractivity contribution in [2.24, 2.45) is 5.73 Å². The summed E-state index contributed by atoms with van der Waals surface area (Å²) in [6, 6.07) is 4.39. The SMILES string of the molecule is NCC=Cc1ccc(Br)cc1OC(F)(F)F. The number of benzene rings is 1. The first kappa shape index (κ1) is 13.1. The van der Waals surface area contributed by atoms with Crippen molar-refractivity contribution in [2.75, 3.05) is 6.54 Å². The zero-order valence-electron chi connectivity index (χ0n) is 8.09. The summed E-state index contributed by atoms with van der Waals surface area (Å²) < 4.78 is 40.7. The van der Waals surface area contributed by atoms with Crippen molar-refractivity contribution in [2.45, 2.75) is 6.36 Å². The van der Waals surface area contributed by atoms with E-state index in [-0.39, 0.29) is 12.3 Å². The molecule has 16 heavy (non-hydrogen) atoms. The lowest BCUT2D eigenvalue weighted by Crippen LogP contribution is -2.17. The van der Waals surface area contributed by atoms with Gasteiger partial charge in [-0.25, -0.2) is 0 Å². The highest BCUT2D eigenvalue weighted by atomic mass is 79.9. The van der Waals surface area contributed by atoms with E-state index in [0.29, 0.717) is 10.0 Å². The maximum absolute atomic E-state index is 12.1. The van der Waals surface area contributed by atoms with E-state index in [0.717, 1.165) is 0 Å². The molecule has 0 aliphatic heterocycles. The number of nitrogens with two attached hydrogens (primary N) is 1. The minimum Gasteiger partial charge on any atom is -0.405 e. The standard InChI is InChI=1S/C10H9BrF3NO/c11-8-4-3-7(2-1-5-15)9(6-8)16-10(12,13)14/h1-4,6H,5,15H2. The van der Waals surface area contributed by atoms with E-state index in [4.69, 9.17) is 5.73 Å². The highest BCUT2D eigenvalue weighted by Gasteiger charge is 2.31. The Bertz CT molecular complexity index is 390. The quantitative estimate of drug-likeness (QED) is 0.928. The molecule has 0 aliphatic rings. The van der Waals surface area contributed by atoms with Crippen LogP contribution in [0.4, 0.5) is 13.2 Å². The lowest BCUT2D eigenvalue weighted by molar-refractivity contribution is -0.274. The van der Waals surface area contributed by atoms with Crippen LogP contribution in [0.15, 0.2) is 28.7 Å². The zero-order valence-corrected chi connectivity index (χ0v) is 9.68. The van der Waals surface area contributed by atoms with E-state index in [1.807, 2.05) is 0 Å². The van der Waals surface area contributed by atoms with Crippen molar-refractivity contribution in [3.8, 4) is 5.75 Å². The van der Waals surface area contributed by atoms with Crippen molar-refractivity contribution in [1.29, 1.82) is 0 Å². The predicted molar refractivity (Wildman–Crippen MR) is 58.9 cm³/mol. The Labute approximate surface area is 99.0 Å². The lowest BCUT2D eigenvalue weighted by Gasteiger charge is -2.11. The molecule has 0 atom stereocenters. The Morgan fingerprint density at radius 2 is 2.06 bits per heavy atom. The third-order valence-corrected chi connectivity index (χ3v) is 2.13. The number of halogens is 4. The molecule has 0 unspecified atom stereocenters. The molecule has 2 nitrogen and oxygen atoms in total. The second-order valence-corrected chi connectivity index (χ2v) is 3.78. The van der Waals surface area contributed by atoms with Crippen LogP contribution in [0.1, 0.15) is 5.56 Å². The van der Waals surface area contributed by atoms with Crippen molar-refractivity contribution in [1.82, 2.24) is 0 Å². The summed E-state index contributed by atoms with van der Waals surface area (Å²) in [6.45, 7) is 0.252. The first-order valence-electron chi connectivity index (χ1n) is 4.34. The summed E-state index contributed by atoms with van der Waals surface area (Å²) >= 11 is 3.08. The molecule has 0 radical (unpaired) electrons. The minimum absolute atomic E-state index is 0.252. The van der Waals surface area contributed by atoms with Gasteiger partial charge in [-0.2, -0.15) is 0 Å². The molecule has 1 aromatic rings. The van der Waals surface area contributed by atoms with Gasteiger partial charge in [-0.15, -0.1) is 13.2 Å². The van der Waals surface area contributed by atoms with E-state index >= 15 is 0 Å². The van der Waals surface area contributed by atoms with E-state index in [1.165, 1.54) is 18.2 Å². The summed E-state index contributed by atoms with van der Waals surface area (Å²) in [5.74, 6) is -0.258. The molecule has 1 rings (SSSR count). The van der Waals surface area contributed by atoms with Crippen molar-refractivity contribution in [3.05, 3.63) is 34.3 Å². The Balaban J connectivity index is 3.03. The fraction of sp³-hybridized carbons (Fsp3) is 0.200. The van der Waals surface area contributed by atoms with Crippen LogP contribution in [0.25, 0.3) is 6.08 Å². The second-order valence-electron chi connectivity index (χ2n) is 2.87. The first-order chi connectivity index (χ1) is 7.42. The molecule has 0 fully saturated rings. The molecule has 2 N–H and O–H groups in total. The number of ether oxygens (including phenoxy) is 1. The smallest absolute Gasteiger partial charge is 0.405 e. The van der Waals surface area contributed by atoms with Crippen LogP contribution in [0.2, 0.25) is 0 Å². The summed E-state index contributed by atoms with van der Waals surface area (Å²) in [5, 5.41) is 0. The molecule has 0 spiro atoms. The fourth-order valence-corrected chi connectivity index (χ4v) is 1.39. The number of hydrogen-bond donors (Lipinski definition) is 1. The van der Waals surface area contributed by atoms with Gasteiger partial charge in [0.15, 0.2) is 0 Å². The number of alkyl halides is 3. The fourth-order valence-electron chi connectivity index (χ4n) is 1.05. The van der Waals surface area contributed by atoms with Gasteiger partial charge in [0.05, 0.1) is 0 Å². The third kappa shape index (κ3) is 4.24. The molecule has 6 heteroatoms. The maximum atomic E-state index is 12.1. The minimum atomic E-state index is -4.70. The van der Waals surface area contributed by atoms with Gasteiger partial charge in [-0.3, -0.25) is 0 Å². The number of hydrogen-bond acceptors (Lipinski definition) is 2. The highest BCUT2D eigenvalue weighted by molar-refractivity contribution is 9.10. The molecule has 88 valence electrons. The summed E-state index contributed by atoms with van der Waals surface area (Å²) in [6.07, 6.45) is -1.67. The van der Waals surface area contributed by atoms with E-state index in [1.54, 1.807) is 12.1 Å². The molecule has 0 heterocycles. The van der Waals surface area contributed by atoms with Gasteiger partial charge in [0.2, 0.25) is 0 Å². The van der Waals surface area contributed by atoms with Gasteiger partial charge in [0.1, 0.15) is 5.75 Å². The zero-order chi connectivity index (χ0) is 12.2. The molecule has 1 aromatic carbocycles. The van der Waals surface area contributed by atoms with Crippen LogP contribution >= 0.6 is 15.9 Å². The summed E-state index contributed by atoms with van der Waals surface area (Å²) in [5.41, 5.74) is 5.55. The molecule has 0 saturated heterocycles. The lowest BCUT2D eigenvalue weighted by atomic mass is 10.2. The van der Waals surface area contributed by atoms with Crippen molar-refractivity contribution >= 4 is 22.0 Å². The maximum Gasteiger partial charge on any atom is 0.573 e. The van der Waals surface area contributed by atoms with Crippen molar-refractivity contribution in [3.63, 3.8) is 0 Å². The van der Waals surface area contributed by atoms with Crippen LogP contribution in [-0.2, 0) is 0 Å². The van der Waals surface area contributed by atoms with E-state index < -0.39 is 6.36 Å². The Morgan fingerprint density at radius 1 is 1.38 bits per heavy atom. The summed E-state index contributed by atoms with van der Waals surface area (Å²) in [4.78, 5) is 0. The largest absolute Gasteiger partial charge is 0.573 e. The molecule has 0 aromatic heterocycles. The average molecular weight is 296 g/mol. The van der Waals surface area contributed by atoms with Crippen LogP contribution in [0, 0.1) is 0 Å². The monoisotopic (exact) mass is 295 g/mol. The third-order valence-electron chi connectivity index (χ3n) is 1.63. The Morgan fingerprint density at radius 3 is 2.62 bits per heavy atom. The highest BCUT2D eigenvalue weighted by Crippen LogP contribution is 2.30. The molecule has 0 bridgehead atoms. The predicted octanol–water partition coefficient (Wildman–Crippen LogP) is 3.32. The topological polar surface area (TPSA) is 35.2 Å². The number of rotatable bonds is 3. The second kappa shape index (κ2) is 5.36. The molecule has 0 amide bonds. The molecule has 0 saturated carbocycles. The van der Waals surface area contributed by atoms with Gasteiger partial charge in [-0.1, -0.05) is 34.1 Å². The average Bonchev–Trinajstić information content (AvgIpc) is 2.14. The Hall–Kier alpha value is -1.01. The van der Waals surface area contributed by atoms with Crippen LogP contribution < -0.4 is 10.5 Å². The molecular weight excluding hydrogens is 287 g/mol. The van der Waals surface area contributed by atoms with Crippen LogP contribution in [0.5, 0.6) is 5.75 Å². The van der Waals surface area contributed by atoms with Gasteiger partial charge in [0.25, 0.3) is 0 Å². The van der Waals surface area contributed by atoms with E-state index in [2.05, 4.69) is 20.7 Å². The van der Waals surface area contributed by atoms with Crippen LogP contribution in [0.3, 0.4) is 0 Å². The summed E-state index contributed by atoms with van der Waals surface area (Å²) in [7, 11) is 0. The molecular formula is C10H9BrF3NO. The normalized spacial score (nSPS) is 12.1. The van der Waals surface area contributed by atoms with Gasteiger partial charge in [0, 0.05) is 16.6 Å². The van der Waals surface area contributed by atoms with Gasteiger partial charge < -0.3 is 10.5 Å². The van der Waals surface area contributed by atoms with Gasteiger partial charge >= 0.3 is 6.36 Å². The Kier molecular flexibility index (Phi) is 4.37. The van der Waals surface area contributed by atoms with Crippen molar-refractivity contribution < 1.29 is 17.9 Å². The van der Waals surface area contributed by atoms with Crippen LogP contribution in [-0.4, -0.2) is 12.9 Å². The van der Waals surface area contributed by atoms with E-state index in [9.17, 15) is 13.2 Å². The first-order valence-corrected chi connectivity index (χ1v) is 5.13.